The number of urea groups is 1. The molecule has 1 N–H and O–H groups in total. The average molecular weight is 237 g/mol. The maximum atomic E-state index is 12.0. The standard InChI is InChI=1S/C12H19N3O2/c1-8-9-5-6-15(7-10(9)17-14-8)11(16)13-12(2,3)4/h5-7H2,1-4H3,(H,13,16). The Morgan fingerprint density at radius 2 is 2.18 bits per heavy atom. The van der Waals surface area contributed by atoms with Crippen molar-refractivity contribution in [3.8, 4) is 0 Å². The van der Waals surface area contributed by atoms with Crippen LogP contribution in [0.2, 0.25) is 0 Å². The molecule has 0 spiro atoms. The summed E-state index contributed by atoms with van der Waals surface area (Å²) in [6, 6.07) is -0.0443. The van der Waals surface area contributed by atoms with Crippen molar-refractivity contribution in [2.24, 2.45) is 0 Å². The number of hydrogen-bond donors (Lipinski definition) is 1. The molecular weight excluding hydrogens is 218 g/mol. The van der Waals surface area contributed by atoms with Gasteiger partial charge in [0.15, 0.2) is 5.76 Å². The molecule has 0 saturated heterocycles. The molecule has 17 heavy (non-hydrogen) atoms. The quantitative estimate of drug-likeness (QED) is 0.749. The summed E-state index contributed by atoms with van der Waals surface area (Å²) < 4.78 is 5.23. The van der Waals surface area contributed by atoms with E-state index in [9.17, 15) is 4.79 Å². The third-order valence-electron chi connectivity index (χ3n) is 2.80. The van der Waals surface area contributed by atoms with Crippen LogP contribution >= 0.6 is 0 Å². The van der Waals surface area contributed by atoms with Gasteiger partial charge in [0, 0.05) is 17.6 Å². The number of fused-ring (bicyclic) bond motifs is 1. The molecule has 1 aliphatic rings. The van der Waals surface area contributed by atoms with Crippen molar-refractivity contribution in [3.63, 3.8) is 0 Å². The zero-order valence-corrected chi connectivity index (χ0v) is 10.8. The molecule has 2 heterocycles. The van der Waals surface area contributed by atoms with Crippen molar-refractivity contribution in [1.82, 2.24) is 15.4 Å². The molecule has 94 valence electrons. The Hall–Kier alpha value is -1.52. The Labute approximate surface area is 101 Å². The van der Waals surface area contributed by atoms with Crippen LogP contribution in [0.5, 0.6) is 0 Å². The highest BCUT2D eigenvalue weighted by molar-refractivity contribution is 5.75. The van der Waals surface area contributed by atoms with Crippen LogP contribution in [0.3, 0.4) is 0 Å². The van der Waals surface area contributed by atoms with Gasteiger partial charge in [-0.3, -0.25) is 0 Å². The van der Waals surface area contributed by atoms with E-state index in [1.807, 2.05) is 27.7 Å². The first-order chi connectivity index (χ1) is 7.87. The monoisotopic (exact) mass is 237 g/mol. The summed E-state index contributed by atoms with van der Waals surface area (Å²) in [5.41, 5.74) is 1.88. The second-order valence-corrected chi connectivity index (χ2v) is 5.52. The molecule has 5 heteroatoms. The SMILES string of the molecule is Cc1noc2c1CCN(C(=O)NC(C)(C)C)C2. The summed E-state index contributed by atoms with van der Waals surface area (Å²) in [7, 11) is 0. The van der Waals surface area contributed by atoms with E-state index in [2.05, 4.69) is 10.5 Å². The molecule has 0 fully saturated rings. The van der Waals surface area contributed by atoms with Crippen molar-refractivity contribution in [2.45, 2.75) is 46.2 Å². The van der Waals surface area contributed by atoms with Gasteiger partial charge in [0.25, 0.3) is 0 Å². The summed E-state index contributed by atoms with van der Waals surface area (Å²) in [6.45, 7) is 9.08. The van der Waals surface area contributed by atoms with Crippen molar-refractivity contribution < 1.29 is 9.32 Å². The van der Waals surface area contributed by atoms with E-state index in [4.69, 9.17) is 4.52 Å². The minimum absolute atomic E-state index is 0.0443. The smallest absolute Gasteiger partial charge is 0.318 e. The maximum absolute atomic E-state index is 12.0. The summed E-state index contributed by atoms with van der Waals surface area (Å²) >= 11 is 0. The van der Waals surface area contributed by atoms with Gasteiger partial charge in [0.05, 0.1) is 12.2 Å². The predicted octanol–water partition coefficient (Wildman–Crippen LogP) is 1.85. The number of amides is 2. The summed E-state index contributed by atoms with van der Waals surface area (Å²) in [5, 5.41) is 6.88. The molecule has 0 bridgehead atoms. The molecule has 0 aromatic carbocycles. The van der Waals surface area contributed by atoms with Crippen molar-refractivity contribution in [3.05, 3.63) is 17.0 Å². The van der Waals surface area contributed by atoms with Gasteiger partial charge < -0.3 is 14.7 Å². The zero-order valence-electron chi connectivity index (χ0n) is 10.8. The van der Waals surface area contributed by atoms with E-state index in [0.29, 0.717) is 6.54 Å². The van der Waals surface area contributed by atoms with E-state index in [1.165, 1.54) is 0 Å². The molecule has 0 aliphatic carbocycles. The number of hydrogen-bond acceptors (Lipinski definition) is 3. The topological polar surface area (TPSA) is 58.4 Å². The van der Waals surface area contributed by atoms with E-state index in [0.717, 1.165) is 30.0 Å². The molecule has 2 amide bonds. The van der Waals surface area contributed by atoms with Gasteiger partial charge >= 0.3 is 6.03 Å². The van der Waals surface area contributed by atoms with Crippen molar-refractivity contribution >= 4 is 6.03 Å². The molecule has 0 unspecified atom stereocenters. The van der Waals surface area contributed by atoms with Crippen LogP contribution in [0, 0.1) is 6.92 Å². The number of aromatic nitrogens is 1. The van der Waals surface area contributed by atoms with Gasteiger partial charge in [0.1, 0.15) is 0 Å². The third-order valence-corrected chi connectivity index (χ3v) is 2.80. The number of nitrogens with one attached hydrogen (secondary N) is 1. The molecule has 1 aliphatic heterocycles. The lowest BCUT2D eigenvalue weighted by molar-refractivity contribution is 0.175. The molecule has 1 aromatic rings. The molecule has 2 rings (SSSR count). The molecule has 1 aromatic heterocycles. The molecule has 0 atom stereocenters. The lowest BCUT2D eigenvalue weighted by Crippen LogP contribution is -2.49. The number of rotatable bonds is 0. The van der Waals surface area contributed by atoms with Crippen LogP contribution in [-0.2, 0) is 13.0 Å². The lowest BCUT2D eigenvalue weighted by atomic mass is 10.1. The number of carbonyl (C=O) groups is 1. The summed E-state index contributed by atoms with van der Waals surface area (Å²) in [5.74, 6) is 0.817. The highest BCUT2D eigenvalue weighted by Crippen LogP contribution is 2.21. The van der Waals surface area contributed by atoms with Crippen LogP contribution in [0.4, 0.5) is 4.79 Å². The second kappa shape index (κ2) is 4.05. The maximum Gasteiger partial charge on any atom is 0.318 e. The van der Waals surface area contributed by atoms with Crippen LogP contribution < -0.4 is 5.32 Å². The Balaban J connectivity index is 2.05. The first-order valence-corrected chi connectivity index (χ1v) is 5.88. The van der Waals surface area contributed by atoms with Crippen molar-refractivity contribution in [1.29, 1.82) is 0 Å². The van der Waals surface area contributed by atoms with Crippen LogP contribution in [-0.4, -0.2) is 28.2 Å². The first kappa shape index (κ1) is 12.0. The number of aryl methyl sites for hydroxylation is 1. The van der Waals surface area contributed by atoms with E-state index in [1.54, 1.807) is 4.90 Å². The van der Waals surface area contributed by atoms with E-state index >= 15 is 0 Å². The average Bonchev–Trinajstić information content (AvgIpc) is 2.57. The number of carbonyl (C=O) groups excluding carboxylic acids is 1. The van der Waals surface area contributed by atoms with Gasteiger partial charge in [-0.2, -0.15) is 0 Å². The fraction of sp³-hybridized carbons (Fsp3) is 0.667. The first-order valence-electron chi connectivity index (χ1n) is 5.88. The Morgan fingerprint density at radius 3 is 2.82 bits per heavy atom. The fourth-order valence-electron chi connectivity index (χ4n) is 1.95. The van der Waals surface area contributed by atoms with Crippen LogP contribution in [0.1, 0.15) is 37.8 Å². The van der Waals surface area contributed by atoms with Gasteiger partial charge in [-0.25, -0.2) is 4.79 Å². The largest absolute Gasteiger partial charge is 0.359 e. The highest BCUT2D eigenvalue weighted by Gasteiger charge is 2.27. The minimum atomic E-state index is -0.214. The zero-order chi connectivity index (χ0) is 12.6. The summed E-state index contributed by atoms with van der Waals surface area (Å²) in [4.78, 5) is 13.7. The lowest BCUT2D eigenvalue weighted by Gasteiger charge is -2.30. The van der Waals surface area contributed by atoms with Crippen molar-refractivity contribution in [2.75, 3.05) is 6.54 Å². The Morgan fingerprint density at radius 1 is 1.47 bits per heavy atom. The van der Waals surface area contributed by atoms with Crippen LogP contribution in [0.25, 0.3) is 0 Å². The predicted molar refractivity (Wildman–Crippen MR) is 63.6 cm³/mol. The molecule has 0 radical (unpaired) electrons. The van der Waals surface area contributed by atoms with E-state index < -0.39 is 0 Å². The van der Waals surface area contributed by atoms with E-state index in [-0.39, 0.29) is 11.6 Å². The minimum Gasteiger partial charge on any atom is -0.359 e. The molecule has 0 saturated carbocycles. The van der Waals surface area contributed by atoms with Gasteiger partial charge in [0.2, 0.25) is 0 Å². The fourth-order valence-corrected chi connectivity index (χ4v) is 1.95. The third kappa shape index (κ3) is 2.60. The molecular formula is C12H19N3O2. The van der Waals surface area contributed by atoms with Gasteiger partial charge in [-0.1, -0.05) is 5.16 Å². The summed E-state index contributed by atoms with van der Waals surface area (Å²) in [6.07, 6.45) is 0.822. The Bertz CT molecular complexity index is 431. The second-order valence-electron chi connectivity index (χ2n) is 5.52. The van der Waals surface area contributed by atoms with Crippen LogP contribution in [0.15, 0.2) is 4.52 Å². The van der Waals surface area contributed by atoms with Gasteiger partial charge in [-0.15, -0.1) is 0 Å². The normalized spacial score (nSPS) is 15.6. The number of nitrogens with zero attached hydrogens (tertiary/aromatic N) is 2. The Kier molecular flexibility index (Phi) is 2.85. The molecule has 5 nitrogen and oxygen atoms in total. The highest BCUT2D eigenvalue weighted by atomic mass is 16.5. The van der Waals surface area contributed by atoms with Gasteiger partial charge in [-0.05, 0) is 34.1 Å².